The highest BCUT2D eigenvalue weighted by atomic mass is 16.2. The Labute approximate surface area is 93.3 Å². The third-order valence-electron chi connectivity index (χ3n) is 1.99. The van der Waals surface area contributed by atoms with Gasteiger partial charge in [0.25, 0.3) is 11.8 Å². The van der Waals surface area contributed by atoms with Crippen LogP contribution >= 0.6 is 0 Å². The summed E-state index contributed by atoms with van der Waals surface area (Å²) in [6, 6.07) is 0. The van der Waals surface area contributed by atoms with E-state index in [-0.39, 0.29) is 23.1 Å². The minimum Gasteiger partial charge on any atom is -0.355 e. The van der Waals surface area contributed by atoms with Crippen LogP contribution in [0.2, 0.25) is 0 Å². The molecule has 0 spiro atoms. The first-order chi connectivity index (χ1) is 7.63. The molecule has 0 radical (unpaired) electrons. The molecule has 0 aromatic carbocycles. The molecule has 0 aliphatic heterocycles. The zero-order valence-electron chi connectivity index (χ0n) is 9.28. The zero-order chi connectivity index (χ0) is 12.1. The number of nitrogens with zero attached hydrogens (tertiary/aromatic N) is 2. The highest BCUT2D eigenvalue weighted by Crippen LogP contribution is 2.07. The number of nitrogens with one attached hydrogen (secondary N) is 2. The summed E-state index contributed by atoms with van der Waals surface area (Å²) in [5.74, 6) is -0.727. The summed E-state index contributed by atoms with van der Waals surface area (Å²) in [4.78, 5) is 23.0. The second-order valence-electron chi connectivity index (χ2n) is 3.06. The lowest BCUT2D eigenvalue weighted by Gasteiger charge is -1.98. The third-order valence-corrected chi connectivity index (χ3v) is 1.99. The molecule has 0 fully saturated rings. The van der Waals surface area contributed by atoms with Crippen molar-refractivity contribution in [2.45, 2.75) is 6.54 Å². The number of aromatic nitrogens is 2. The smallest absolute Gasteiger partial charge is 0.272 e. The van der Waals surface area contributed by atoms with Crippen LogP contribution in [0.4, 0.5) is 0 Å². The predicted octanol–water partition coefficient (Wildman–Crippen LogP) is -0.212. The number of hydrogen-bond donors (Lipinski definition) is 2. The SMILES string of the molecule is C=CCn1cc(C(=O)NC)c(C(=O)NC)n1. The molecular formula is C10H14N4O2. The van der Waals surface area contributed by atoms with Gasteiger partial charge in [-0.15, -0.1) is 6.58 Å². The molecule has 16 heavy (non-hydrogen) atoms. The number of rotatable bonds is 4. The maximum Gasteiger partial charge on any atom is 0.272 e. The largest absolute Gasteiger partial charge is 0.355 e. The summed E-state index contributed by atoms with van der Waals surface area (Å²) in [5.41, 5.74) is 0.368. The number of carbonyl (C=O) groups excluding carboxylic acids is 2. The van der Waals surface area contributed by atoms with Crippen LogP contribution in [-0.4, -0.2) is 35.7 Å². The third kappa shape index (κ3) is 2.28. The predicted molar refractivity (Wildman–Crippen MR) is 59.2 cm³/mol. The summed E-state index contributed by atoms with van der Waals surface area (Å²) < 4.78 is 1.49. The molecule has 0 bridgehead atoms. The average Bonchev–Trinajstić information content (AvgIpc) is 2.71. The highest BCUT2D eigenvalue weighted by molar-refractivity contribution is 6.05. The van der Waals surface area contributed by atoms with Gasteiger partial charge in [0.05, 0.1) is 12.1 Å². The van der Waals surface area contributed by atoms with Gasteiger partial charge < -0.3 is 10.6 Å². The Morgan fingerprint density at radius 3 is 2.56 bits per heavy atom. The maximum atomic E-state index is 11.5. The van der Waals surface area contributed by atoms with Crippen LogP contribution in [0, 0.1) is 0 Å². The van der Waals surface area contributed by atoms with Crippen LogP contribution in [0.1, 0.15) is 20.8 Å². The fraction of sp³-hybridized carbons (Fsp3) is 0.300. The topological polar surface area (TPSA) is 76.0 Å². The quantitative estimate of drug-likeness (QED) is 0.692. The van der Waals surface area contributed by atoms with E-state index < -0.39 is 0 Å². The average molecular weight is 222 g/mol. The second kappa shape index (κ2) is 5.11. The Balaban J connectivity index is 3.16. The van der Waals surface area contributed by atoms with E-state index in [1.54, 1.807) is 6.08 Å². The molecular weight excluding hydrogens is 208 g/mol. The van der Waals surface area contributed by atoms with Crippen LogP contribution < -0.4 is 10.6 Å². The van der Waals surface area contributed by atoms with Gasteiger partial charge in [0.1, 0.15) is 0 Å². The molecule has 0 saturated carbocycles. The first kappa shape index (κ1) is 12.0. The summed E-state index contributed by atoms with van der Waals surface area (Å²) in [5, 5.41) is 8.91. The van der Waals surface area contributed by atoms with Crippen LogP contribution in [-0.2, 0) is 6.54 Å². The molecule has 1 aromatic heterocycles. The fourth-order valence-corrected chi connectivity index (χ4v) is 1.23. The van der Waals surface area contributed by atoms with Crippen molar-refractivity contribution in [3.63, 3.8) is 0 Å². The molecule has 0 saturated heterocycles. The van der Waals surface area contributed by atoms with Crippen LogP contribution in [0.15, 0.2) is 18.9 Å². The van der Waals surface area contributed by atoms with E-state index in [2.05, 4.69) is 22.3 Å². The summed E-state index contributed by atoms with van der Waals surface area (Å²) >= 11 is 0. The molecule has 0 aliphatic rings. The monoisotopic (exact) mass is 222 g/mol. The van der Waals surface area contributed by atoms with Gasteiger partial charge in [-0.25, -0.2) is 0 Å². The molecule has 1 aromatic rings. The van der Waals surface area contributed by atoms with Gasteiger partial charge in [-0.1, -0.05) is 6.08 Å². The summed E-state index contributed by atoms with van der Waals surface area (Å²) in [6.07, 6.45) is 3.15. The van der Waals surface area contributed by atoms with Gasteiger partial charge in [0.15, 0.2) is 5.69 Å². The van der Waals surface area contributed by atoms with Gasteiger partial charge in [0, 0.05) is 20.3 Å². The van der Waals surface area contributed by atoms with Crippen molar-refractivity contribution in [2.24, 2.45) is 0 Å². The lowest BCUT2D eigenvalue weighted by molar-refractivity contribution is 0.0926. The van der Waals surface area contributed by atoms with Gasteiger partial charge in [-0.3, -0.25) is 14.3 Å². The Morgan fingerprint density at radius 2 is 2.06 bits per heavy atom. The van der Waals surface area contributed by atoms with Gasteiger partial charge in [-0.2, -0.15) is 5.10 Å². The van der Waals surface area contributed by atoms with Crippen LogP contribution in [0.25, 0.3) is 0 Å². The van der Waals surface area contributed by atoms with Gasteiger partial charge in [0.2, 0.25) is 0 Å². The first-order valence-electron chi connectivity index (χ1n) is 4.76. The van der Waals surface area contributed by atoms with Gasteiger partial charge >= 0.3 is 0 Å². The highest BCUT2D eigenvalue weighted by Gasteiger charge is 2.20. The fourth-order valence-electron chi connectivity index (χ4n) is 1.23. The van der Waals surface area contributed by atoms with E-state index in [0.29, 0.717) is 6.54 Å². The Hall–Kier alpha value is -2.11. The molecule has 0 aliphatic carbocycles. The Kier molecular flexibility index (Phi) is 3.82. The van der Waals surface area contributed by atoms with Crippen molar-refractivity contribution in [2.75, 3.05) is 14.1 Å². The lowest BCUT2D eigenvalue weighted by atomic mass is 10.2. The molecule has 2 N–H and O–H groups in total. The normalized spacial score (nSPS) is 9.62. The first-order valence-corrected chi connectivity index (χ1v) is 4.76. The van der Waals surface area contributed by atoms with Crippen LogP contribution in [0.3, 0.4) is 0 Å². The molecule has 6 heteroatoms. The Morgan fingerprint density at radius 1 is 1.44 bits per heavy atom. The van der Waals surface area contributed by atoms with Gasteiger partial charge in [-0.05, 0) is 0 Å². The second-order valence-corrected chi connectivity index (χ2v) is 3.06. The molecule has 0 atom stereocenters. The van der Waals surface area contributed by atoms with E-state index in [4.69, 9.17) is 0 Å². The van der Waals surface area contributed by atoms with Crippen molar-refractivity contribution in [1.29, 1.82) is 0 Å². The zero-order valence-corrected chi connectivity index (χ0v) is 9.28. The molecule has 1 heterocycles. The van der Waals surface area contributed by atoms with Crippen LogP contribution in [0.5, 0.6) is 0 Å². The van der Waals surface area contributed by atoms with Crippen molar-refractivity contribution in [1.82, 2.24) is 20.4 Å². The summed E-state index contributed by atoms with van der Waals surface area (Å²) in [6.45, 7) is 4.01. The molecule has 86 valence electrons. The number of amides is 2. The van der Waals surface area contributed by atoms with Crippen molar-refractivity contribution in [3.8, 4) is 0 Å². The minimum absolute atomic E-state index is 0.115. The van der Waals surface area contributed by atoms with E-state index in [1.165, 1.54) is 25.0 Å². The van der Waals surface area contributed by atoms with Crippen molar-refractivity contribution in [3.05, 3.63) is 30.1 Å². The molecule has 2 amide bonds. The lowest BCUT2D eigenvalue weighted by Crippen LogP contribution is -2.25. The van der Waals surface area contributed by atoms with E-state index in [0.717, 1.165) is 0 Å². The maximum absolute atomic E-state index is 11.5. The number of hydrogen-bond acceptors (Lipinski definition) is 3. The van der Waals surface area contributed by atoms with Crippen molar-refractivity contribution < 1.29 is 9.59 Å². The Bertz CT molecular complexity index is 389. The van der Waals surface area contributed by atoms with E-state index in [1.807, 2.05) is 0 Å². The number of carbonyl (C=O) groups is 2. The standard InChI is InChI=1S/C10H14N4O2/c1-4-5-14-6-7(9(15)11-2)8(13-14)10(16)12-3/h4,6H,1,5H2,2-3H3,(H,11,15)(H,12,16). The number of allylic oxidation sites excluding steroid dienone is 1. The molecule has 0 unspecified atom stereocenters. The van der Waals surface area contributed by atoms with Crippen molar-refractivity contribution >= 4 is 11.8 Å². The minimum atomic E-state index is -0.388. The molecule has 1 rings (SSSR count). The van der Waals surface area contributed by atoms with E-state index >= 15 is 0 Å². The van der Waals surface area contributed by atoms with E-state index in [9.17, 15) is 9.59 Å². The summed E-state index contributed by atoms with van der Waals surface area (Å²) in [7, 11) is 2.99. The molecule has 6 nitrogen and oxygen atoms in total.